The van der Waals surface area contributed by atoms with E-state index in [1.54, 1.807) is 24.3 Å². The number of phenols is 1. The molecular formula is C22H15BrN2O3. The molecule has 1 aromatic heterocycles. The van der Waals surface area contributed by atoms with E-state index >= 15 is 0 Å². The molecule has 1 amide bonds. The van der Waals surface area contributed by atoms with Gasteiger partial charge in [0.15, 0.2) is 0 Å². The first-order valence-corrected chi connectivity index (χ1v) is 9.31. The van der Waals surface area contributed by atoms with E-state index in [4.69, 9.17) is 4.42 Å². The average molecular weight is 435 g/mol. The van der Waals surface area contributed by atoms with Crippen molar-refractivity contribution in [2.75, 3.05) is 0 Å². The molecule has 4 aromatic rings. The summed E-state index contributed by atoms with van der Waals surface area (Å²) in [5, 5.41) is 15.7. The number of hydrazone groups is 1. The lowest BCUT2D eigenvalue weighted by Crippen LogP contribution is -2.17. The summed E-state index contributed by atoms with van der Waals surface area (Å²) in [5.41, 5.74) is 3.51. The van der Waals surface area contributed by atoms with Gasteiger partial charge >= 0.3 is 0 Å². The second kappa shape index (κ2) is 7.70. The van der Waals surface area contributed by atoms with Crippen LogP contribution in [0.5, 0.6) is 5.75 Å². The normalized spacial score (nSPS) is 11.2. The smallest absolute Gasteiger partial charge is 0.275 e. The van der Waals surface area contributed by atoms with E-state index in [-0.39, 0.29) is 11.3 Å². The minimum atomic E-state index is -0.501. The van der Waals surface area contributed by atoms with Gasteiger partial charge in [-0.15, -0.1) is 0 Å². The van der Waals surface area contributed by atoms with Crippen molar-refractivity contribution in [2.45, 2.75) is 0 Å². The zero-order chi connectivity index (χ0) is 19.5. The van der Waals surface area contributed by atoms with Crippen molar-refractivity contribution >= 4 is 38.8 Å². The lowest BCUT2D eigenvalue weighted by molar-refractivity contribution is 0.0952. The number of amides is 1. The van der Waals surface area contributed by atoms with Gasteiger partial charge in [0, 0.05) is 15.4 Å². The molecule has 0 aliphatic heterocycles. The lowest BCUT2D eigenvalue weighted by Gasteiger charge is -2.06. The second-order valence-corrected chi connectivity index (χ2v) is 7.01. The minimum Gasteiger partial charge on any atom is -0.506 e. The van der Waals surface area contributed by atoms with Gasteiger partial charge in [0.1, 0.15) is 17.3 Å². The number of phenolic OH excluding ortho intramolecular Hbond substituents is 1. The minimum absolute atomic E-state index is 0.0682. The van der Waals surface area contributed by atoms with E-state index in [1.807, 2.05) is 48.5 Å². The molecule has 6 heteroatoms. The number of fused-ring (bicyclic) bond motifs is 1. The predicted molar refractivity (Wildman–Crippen MR) is 113 cm³/mol. The Kier molecular flexibility index (Phi) is 4.95. The van der Waals surface area contributed by atoms with E-state index in [0.717, 1.165) is 15.4 Å². The van der Waals surface area contributed by atoms with Crippen LogP contribution < -0.4 is 5.43 Å². The number of rotatable bonds is 4. The highest BCUT2D eigenvalue weighted by Crippen LogP contribution is 2.28. The van der Waals surface area contributed by atoms with Crippen molar-refractivity contribution in [3.05, 3.63) is 88.6 Å². The number of hydrogen-bond acceptors (Lipinski definition) is 4. The SMILES string of the molecule is O=C(NN=Cc1ccc(-c2ccc(Br)cc2)o1)c1ccc2ccccc2c1O. The third kappa shape index (κ3) is 3.68. The Hall–Kier alpha value is -3.38. The molecule has 0 spiro atoms. The monoisotopic (exact) mass is 434 g/mol. The number of hydrogen-bond donors (Lipinski definition) is 2. The van der Waals surface area contributed by atoms with Gasteiger partial charge in [0.05, 0.1) is 11.8 Å². The zero-order valence-electron chi connectivity index (χ0n) is 14.6. The van der Waals surface area contributed by atoms with Gasteiger partial charge in [-0.2, -0.15) is 5.10 Å². The molecule has 2 N–H and O–H groups in total. The number of aromatic hydroxyl groups is 1. The Morgan fingerprint density at radius 2 is 1.79 bits per heavy atom. The fraction of sp³-hybridized carbons (Fsp3) is 0. The highest BCUT2D eigenvalue weighted by molar-refractivity contribution is 9.10. The van der Waals surface area contributed by atoms with E-state index in [1.165, 1.54) is 6.21 Å². The first-order valence-electron chi connectivity index (χ1n) is 8.52. The Bertz CT molecular complexity index is 1180. The molecule has 28 heavy (non-hydrogen) atoms. The summed E-state index contributed by atoms with van der Waals surface area (Å²) in [6, 6.07) is 22.0. The molecule has 0 aliphatic rings. The number of carbonyl (C=O) groups is 1. The Morgan fingerprint density at radius 3 is 2.61 bits per heavy atom. The van der Waals surface area contributed by atoms with Crippen molar-refractivity contribution in [3.63, 3.8) is 0 Å². The number of nitrogens with one attached hydrogen (secondary N) is 1. The van der Waals surface area contributed by atoms with Crippen LogP contribution in [0.3, 0.4) is 0 Å². The third-order valence-corrected chi connectivity index (χ3v) is 4.79. The van der Waals surface area contributed by atoms with Gasteiger partial charge in [-0.1, -0.05) is 58.4 Å². The van der Waals surface area contributed by atoms with E-state index in [2.05, 4.69) is 26.5 Å². The summed E-state index contributed by atoms with van der Waals surface area (Å²) < 4.78 is 6.70. The maximum Gasteiger partial charge on any atom is 0.275 e. The first kappa shape index (κ1) is 18.0. The molecule has 0 atom stereocenters. The van der Waals surface area contributed by atoms with Gasteiger partial charge in [0.25, 0.3) is 5.91 Å². The van der Waals surface area contributed by atoms with Gasteiger partial charge in [-0.05, 0) is 35.7 Å². The van der Waals surface area contributed by atoms with Gasteiger partial charge in [0.2, 0.25) is 0 Å². The number of nitrogens with zero attached hydrogens (tertiary/aromatic N) is 1. The lowest BCUT2D eigenvalue weighted by atomic mass is 10.1. The predicted octanol–water partition coefficient (Wildman–Crippen LogP) is 5.33. The molecule has 138 valence electrons. The topological polar surface area (TPSA) is 74.8 Å². The van der Waals surface area contributed by atoms with Crippen LogP contribution in [0, 0.1) is 0 Å². The van der Waals surface area contributed by atoms with E-state index in [9.17, 15) is 9.90 Å². The van der Waals surface area contributed by atoms with Crippen LogP contribution in [0.4, 0.5) is 0 Å². The van der Waals surface area contributed by atoms with Crippen molar-refractivity contribution in [1.82, 2.24) is 5.43 Å². The van der Waals surface area contributed by atoms with Crippen LogP contribution in [0.15, 0.2) is 86.8 Å². The molecular weight excluding hydrogens is 420 g/mol. The highest BCUT2D eigenvalue weighted by Gasteiger charge is 2.13. The standard InChI is InChI=1S/C22H15BrN2O3/c23-16-8-5-15(6-9-16)20-12-10-17(28-20)13-24-25-22(27)19-11-7-14-3-1-2-4-18(14)21(19)26/h1-13,26H,(H,25,27). The molecule has 1 heterocycles. The number of benzene rings is 3. The number of halogens is 1. The summed E-state index contributed by atoms with van der Waals surface area (Å²) in [5.74, 6) is 0.633. The molecule has 0 unspecified atom stereocenters. The average Bonchev–Trinajstić information content (AvgIpc) is 3.18. The summed E-state index contributed by atoms with van der Waals surface area (Å²) in [6.45, 7) is 0. The van der Waals surface area contributed by atoms with Crippen molar-refractivity contribution in [1.29, 1.82) is 0 Å². The van der Waals surface area contributed by atoms with E-state index < -0.39 is 5.91 Å². The second-order valence-electron chi connectivity index (χ2n) is 6.09. The molecule has 0 radical (unpaired) electrons. The maximum atomic E-state index is 12.3. The molecule has 0 bridgehead atoms. The van der Waals surface area contributed by atoms with Crippen LogP contribution in [-0.2, 0) is 0 Å². The zero-order valence-corrected chi connectivity index (χ0v) is 16.2. The number of furan rings is 1. The van der Waals surface area contributed by atoms with Crippen LogP contribution in [0.25, 0.3) is 22.1 Å². The maximum absolute atomic E-state index is 12.3. The first-order chi connectivity index (χ1) is 13.6. The van der Waals surface area contributed by atoms with Gasteiger partial charge in [-0.25, -0.2) is 5.43 Å². The van der Waals surface area contributed by atoms with Gasteiger partial charge < -0.3 is 9.52 Å². The molecule has 0 aliphatic carbocycles. The molecule has 0 saturated heterocycles. The fourth-order valence-electron chi connectivity index (χ4n) is 2.84. The summed E-state index contributed by atoms with van der Waals surface area (Å²) in [7, 11) is 0. The summed E-state index contributed by atoms with van der Waals surface area (Å²) in [4.78, 5) is 12.3. The Morgan fingerprint density at radius 1 is 1.00 bits per heavy atom. The third-order valence-electron chi connectivity index (χ3n) is 4.26. The van der Waals surface area contributed by atoms with Crippen molar-refractivity contribution in [3.8, 4) is 17.1 Å². The molecule has 0 fully saturated rings. The van der Waals surface area contributed by atoms with E-state index in [0.29, 0.717) is 16.9 Å². The van der Waals surface area contributed by atoms with Crippen LogP contribution >= 0.6 is 15.9 Å². The van der Waals surface area contributed by atoms with Crippen LogP contribution in [-0.4, -0.2) is 17.2 Å². The largest absolute Gasteiger partial charge is 0.506 e. The molecule has 0 saturated carbocycles. The fourth-order valence-corrected chi connectivity index (χ4v) is 3.11. The quantitative estimate of drug-likeness (QED) is 0.336. The number of carbonyl (C=O) groups excluding carboxylic acids is 1. The van der Waals surface area contributed by atoms with Crippen LogP contribution in [0.1, 0.15) is 16.1 Å². The summed E-state index contributed by atoms with van der Waals surface area (Å²) in [6.07, 6.45) is 1.42. The molecule has 4 rings (SSSR count). The van der Waals surface area contributed by atoms with Crippen molar-refractivity contribution in [2.24, 2.45) is 5.10 Å². The Labute approximate surface area is 169 Å². The van der Waals surface area contributed by atoms with Gasteiger partial charge in [-0.3, -0.25) is 4.79 Å². The highest BCUT2D eigenvalue weighted by atomic mass is 79.9. The molecule has 5 nitrogen and oxygen atoms in total. The van der Waals surface area contributed by atoms with Crippen molar-refractivity contribution < 1.29 is 14.3 Å². The Balaban J connectivity index is 1.47. The van der Waals surface area contributed by atoms with Crippen LogP contribution in [0.2, 0.25) is 0 Å². The molecule has 3 aromatic carbocycles. The summed E-state index contributed by atoms with van der Waals surface area (Å²) >= 11 is 3.40.